The second kappa shape index (κ2) is 16.4. The summed E-state index contributed by atoms with van der Waals surface area (Å²) in [5, 5.41) is 2.53. The molecule has 10 aromatic rings. The van der Waals surface area contributed by atoms with Gasteiger partial charge >= 0.3 is 0 Å². The predicted octanol–water partition coefficient (Wildman–Crippen LogP) is 17.5. The molecule has 312 valence electrons. The van der Waals surface area contributed by atoms with Gasteiger partial charge in [-0.05, 0) is 133 Å². The second-order valence-corrected chi connectivity index (χ2v) is 19.1. The van der Waals surface area contributed by atoms with Gasteiger partial charge in [-0.2, -0.15) is 0 Å². The van der Waals surface area contributed by atoms with Gasteiger partial charge in [-0.15, -0.1) is 0 Å². The van der Waals surface area contributed by atoms with Crippen LogP contribution in [0.1, 0.15) is 52.7 Å². The van der Waals surface area contributed by atoms with Crippen molar-refractivity contribution in [1.29, 1.82) is 0 Å². The number of para-hydroxylation sites is 1. The highest BCUT2D eigenvalue weighted by molar-refractivity contribution is 6.16. The van der Waals surface area contributed by atoms with E-state index in [-0.39, 0.29) is 10.8 Å². The summed E-state index contributed by atoms with van der Waals surface area (Å²) in [6.45, 7) is 13.9. The molecular weight excluding hydrogens is 773 g/mol. The first-order valence-electron chi connectivity index (χ1n) is 22.5. The summed E-state index contributed by atoms with van der Waals surface area (Å²) in [5.74, 6) is 0. The zero-order chi connectivity index (χ0) is 44.0. The molecule has 2 heteroatoms. The molecule has 0 N–H and O–H groups in total. The van der Waals surface area contributed by atoms with Crippen molar-refractivity contribution in [3.8, 4) is 50.2 Å². The molecule has 0 unspecified atom stereocenters. The van der Waals surface area contributed by atoms with Crippen LogP contribution in [-0.4, -0.2) is 4.57 Å². The van der Waals surface area contributed by atoms with E-state index in [1.54, 1.807) is 0 Å². The van der Waals surface area contributed by atoms with Crippen LogP contribution in [0.15, 0.2) is 218 Å². The lowest BCUT2D eigenvalue weighted by Crippen LogP contribution is -2.12. The Morgan fingerprint density at radius 1 is 0.328 bits per heavy atom. The molecule has 0 fully saturated rings. The molecule has 0 radical (unpaired) electrons. The topological polar surface area (TPSA) is 8.17 Å². The van der Waals surface area contributed by atoms with E-state index in [1.165, 1.54) is 83.1 Å². The zero-order valence-corrected chi connectivity index (χ0v) is 37.7. The Balaban J connectivity index is 1.13. The Morgan fingerprint density at radius 2 is 0.766 bits per heavy atom. The third-order valence-corrected chi connectivity index (χ3v) is 12.7. The molecule has 0 atom stereocenters. The van der Waals surface area contributed by atoms with Crippen LogP contribution in [-0.2, 0) is 10.8 Å². The number of hydrogen-bond donors (Lipinski definition) is 0. The van der Waals surface area contributed by atoms with Crippen molar-refractivity contribution in [3.05, 3.63) is 230 Å². The molecule has 0 aliphatic carbocycles. The second-order valence-electron chi connectivity index (χ2n) is 19.1. The van der Waals surface area contributed by atoms with Gasteiger partial charge < -0.3 is 9.47 Å². The Morgan fingerprint density at radius 3 is 1.27 bits per heavy atom. The molecule has 1 aromatic heterocycles. The van der Waals surface area contributed by atoms with Crippen molar-refractivity contribution >= 4 is 38.9 Å². The highest BCUT2D eigenvalue weighted by Gasteiger charge is 2.24. The Labute approximate surface area is 378 Å². The van der Waals surface area contributed by atoms with Crippen LogP contribution in [0.5, 0.6) is 0 Å². The number of benzene rings is 9. The number of hydrogen-bond acceptors (Lipinski definition) is 1. The third-order valence-electron chi connectivity index (χ3n) is 12.7. The number of anilines is 3. The Bertz CT molecular complexity index is 3220. The summed E-state index contributed by atoms with van der Waals surface area (Å²) < 4.78 is 2.49. The summed E-state index contributed by atoms with van der Waals surface area (Å²) in [4.78, 5) is 2.40. The van der Waals surface area contributed by atoms with Gasteiger partial charge in [-0.25, -0.2) is 0 Å². The van der Waals surface area contributed by atoms with Crippen LogP contribution in [0.2, 0.25) is 0 Å². The number of fused-ring (bicyclic) bond motifs is 3. The first-order valence-corrected chi connectivity index (χ1v) is 22.5. The molecular formula is C62H54N2. The molecule has 0 aliphatic rings. The van der Waals surface area contributed by atoms with Gasteiger partial charge in [0.15, 0.2) is 0 Å². The van der Waals surface area contributed by atoms with Crippen molar-refractivity contribution in [2.45, 2.75) is 52.4 Å². The molecule has 0 bridgehead atoms. The van der Waals surface area contributed by atoms with Crippen molar-refractivity contribution in [3.63, 3.8) is 0 Å². The van der Waals surface area contributed by atoms with Crippen LogP contribution in [0, 0.1) is 0 Å². The number of rotatable bonds is 8. The van der Waals surface area contributed by atoms with Gasteiger partial charge in [-0.3, -0.25) is 0 Å². The molecule has 0 saturated heterocycles. The van der Waals surface area contributed by atoms with E-state index in [4.69, 9.17) is 0 Å². The lowest BCUT2D eigenvalue weighted by atomic mass is 9.83. The average molecular weight is 827 g/mol. The highest BCUT2D eigenvalue weighted by atomic mass is 15.1. The van der Waals surface area contributed by atoms with Crippen molar-refractivity contribution in [1.82, 2.24) is 4.57 Å². The Kier molecular flexibility index (Phi) is 10.4. The SMILES string of the molecule is CC(C)(C)c1ccc2c3c(-c4cccc(N(c5ccc(-c6ccccc6)cc5)c5ccc(-c6ccc(-c7ccccc7)cc6)cc5)c4)cc(C(C)(C)C)cc3n(-c3ccccc3)c2c1. The van der Waals surface area contributed by atoms with E-state index in [1.807, 2.05) is 0 Å². The van der Waals surface area contributed by atoms with E-state index < -0.39 is 0 Å². The fourth-order valence-corrected chi connectivity index (χ4v) is 9.11. The summed E-state index contributed by atoms with van der Waals surface area (Å²) in [5.41, 5.74) is 19.1. The van der Waals surface area contributed by atoms with Crippen LogP contribution in [0.25, 0.3) is 72.0 Å². The van der Waals surface area contributed by atoms with Gasteiger partial charge in [0.25, 0.3) is 0 Å². The maximum Gasteiger partial charge on any atom is 0.0550 e. The molecule has 2 nitrogen and oxygen atoms in total. The minimum Gasteiger partial charge on any atom is -0.310 e. The quantitative estimate of drug-likeness (QED) is 0.148. The largest absolute Gasteiger partial charge is 0.310 e. The number of aromatic nitrogens is 1. The fraction of sp³-hybridized carbons (Fsp3) is 0.129. The molecule has 0 aliphatic heterocycles. The summed E-state index contributed by atoms with van der Waals surface area (Å²) in [6, 6.07) is 80.1. The fourth-order valence-electron chi connectivity index (χ4n) is 9.11. The standard InChI is InChI=1S/C62H54N2/c1-61(2,3)50-33-38-56-58(41-50)64(52-22-14-9-15-23-52)59-42-51(62(4,5)6)40-57(60(56)59)49-21-16-24-55(39-49)63(53-34-29-47(30-35-53)44-19-12-8-13-20-44)54-36-31-48(32-37-54)46-27-25-45(26-28-46)43-17-10-7-11-18-43/h7-42H,1-6H3. The van der Waals surface area contributed by atoms with Crippen molar-refractivity contribution in [2.75, 3.05) is 4.90 Å². The monoisotopic (exact) mass is 826 g/mol. The smallest absolute Gasteiger partial charge is 0.0550 e. The Hall–Kier alpha value is -7.42. The normalized spacial score (nSPS) is 11.9. The predicted molar refractivity (Wildman–Crippen MR) is 275 cm³/mol. The lowest BCUT2D eigenvalue weighted by Gasteiger charge is -2.27. The minimum atomic E-state index is -0.0781. The van der Waals surface area contributed by atoms with Crippen LogP contribution < -0.4 is 4.90 Å². The van der Waals surface area contributed by atoms with Crippen LogP contribution >= 0.6 is 0 Å². The van der Waals surface area contributed by atoms with E-state index in [0.29, 0.717) is 0 Å². The molecule has 64 heavy (non-hydrogen) atoms. The van der Waals surface area contributed by atoms with E-state index >= 15 is 0 Å². The maximum atomic E-state index is 2.49. The molecule has 10 rings (SSSR count). The van der Waals surface area contributed by atoms with E-state index in [2.05, 4.69) is 269 Å². The summed E-state index contributed by atoms with van der Waals surface area (Å²) >= 11 is 0. The molecule has 0 spiro atoms. The van der Waals surface area contributed by atoms with Gasteiger partial charge in [0, 0.05) is 33.5 Å². The maximum absolute atomic E-state index is 2.49. The van der Waals surface area contributed by atoms with E-state index in [9.17, 15) is 0 Å². The molecule has 1 heterocycles. The van der Waals surface area contributed by atoms with Crippen molar-refractivity contribution in [2.24, 2.45) is 0 Å². The molecule has 9 aromatic carbocycles. The van der Waals surface area contributed by atoms with Gasteiger partial charge in [-0.1, -0.05) is 193 Å². The van der Waals surface area contributed by atoms with Crippen molar-refractivity contribution < 1.29 is 0 Å². The summed E-state index contributed by atoms with van der Waals surface area (Å²) in [6.07, 6.45) is 0. The minimum absolute atomic E-state index is 0.00779. The first-order chi connectivity index (χ1) is 31.0. The first kappa shape index (κ1) is 40.6. The summed E-state index contributed by atoms with van der Waals surface area (Å²) in [7, 11) is 0. The van der Waals surface area contributed by atoms with Crippen LogP contribution in [0.3, 0.4) is 0 Å². The van der Waals surface area contributed by atoms with Gasteiger partial charge in [0.1, 0.15) is 0 Å². The van der Waals surface area contributed by atoms with Gasteiger partial charge in [0.2, 0.25) is 0 Å². The average Bonchev–Trinajstić information content (AvgIpc) is 3.66. The van der Waals surface area contributed by atoms with E-state index in [0.717, 1.165) is 17.1 Å². The van der Waals surface area contributed by atoms with Crippen LogP contribution in [0.4, 0.5) is 17.1 Å². The molecule has 0 amide bonds. The third kappa shape index (κ3) is 7.82. The molecule has 0 saturated carbocycles. The highest BCUT2D eigenvalue weighted by Crippen LogP contribution is 2.45. The van der Waals surface area contributed by atoms with Gasteiger partial charge in [0.05, 0.1) is 11.0 Å². The lowest BCUT2D eigenvalue weighted by molar-refractivity contribution is 0.591. The zero-order valence-electron chi connectivity index (χ0n) is 37.7. The number of nitrogens with zero attached hydrogens (tertiary/aromatic N) is 2.